The summed E-state index contributed by atoms with van der Waals surface area (Å²) in [5.41, 5.74) is 3.95. The molecule has 19 heavy (non-hydrogen) atoms. The largest absolute Gasteiger partial charge is 0.310 e. The fourth-order valence-corrected chi connectivity index (χ4v) is 2.57. The summed E-state index contributed by atoms with van der Waals surface area (Å²) in [7, 11) is 1.83. The molecule has 0 spiro atoms. The van der Waals surface area contributed by atoms with Crippen LogP contribution in [0.15, 0.2) is 23.1 Å². The molecule has 0 unspecified atom stereocenters. The second-order valence-electron chi connectivity index (χ2n) is 5.26. The third-order valence-electron chi connectivity index (χ3n) is 3.94. The van der Waals surface area contributed by atoms with E-state index in [1.165, 1.54) is 25.1 Å². The van der Waals surface area contributed by atoms with Crippen molar-refractivity contribution in [3.63, 3.8) is 0 Å². The van der Waals surface area contributed by atoms with Gasteiger partial charge in [-0.3, -0.25) is 14.7 Å². The monoisotopic (exact) mass is 257 g/mol. The van der Waals surface area contributed by atoms with Gasteiger partial charge in [0.15, 0.2) is 0 Å². The summed E-state index contributed by atoms with van der Waals surface area (Å²) in [5.74, 6) is 0. The molecular formula is C15H19N3O. The highest BCUT2D eigenvalue weighted by Gasteiger charge is 2.14. The number of fused-ring (bicyclic) bond motifs is 1. The van der Waals surface area contributed by atoms with Crippen LogP contribution in [-0.4, -0.2) is 27.5 Å². The van der Waals surface area contributed by atoms with Crippen LogP contribution in [0.25, 0.3) is 11.0 Å². The van der Waals surface area contributed by atoms with E-state index in [-0.39, 0.29) is 5.56 Å². The van der Waals surface area contributed by atoms with Gasteiger partial charge in [-0.05, 0) is 43.6 Å². The van der Waals surface area contributed by atoms with Gasteiger partial charge >= 0.3 is 0 Å². The molecule has 0 bridgehead atoms. The Balaban J connectivity index is 2.06. The summed E-state index contributed by atoms with van der Waals surface area (Å²) < 4.78 is 1.72. The molecule has 100 valence electrons. The Morgan fingerprint density at radius 1 is 1.32 bits per heavy atom. The molecule has 0 amide bonds. The standard InChI is InChI=1S/C15H19N3O/c1-3-12-8-13-14(17(2)15(12)19)7-11(9-16-13)10-18-5-4-6-18/h7-9H,3-6,10H2,1-2H3. The van der Waals surface area contributed by atoms with Crippen LogP contribution in [0.2, 0.25) is 0 Å². The summed E-state index contributed by atoms with van der Waals surface area (Å²) in [6, 6.07) is 4.02. The lowest BCUT2D eigenvalue weighted by atomic mass is 10.1. The predicted octanol–water partition coefficient (Wildman–Crippen LogP) is 1.70. The molecule has 1 aliphatic heterocycles. The van der Waals surface area contributed by atoms with Crippen LogP contribution >= 0.6 is 0 Å². The lowest BCUT2D eigenvalue weighted by Gasteiger charge is -2.30. The van der Waals surface area contributed by atoms with Crippen molar-refractivity contribution in [2.45, 2.75) is 26.3 Å². The molecular weight excluding hydrogens is 238 g/mol. The van der Waals surface area contributed by atoms with Crippen molar-refractivity contribution in [3.05, 3.63) is 39.8 Å². The first-order valence-corrected chi connectivity index (χ1v) is 6.89. The number of aromatic nitrogens is 2. The molecule has 4 heteroatoms. The fourth-order valence-electron chi connectivity index (χ4n) is 2.57. The molecule has 4 nitrogen and oxygen atoms in total. The molecule has 0 aliphatic carbocycles. The third-order valence-corrected chi connectivity index (χ3v) is 3.94. The zero-order valence-electron chi connectivity index (χ0n) is 11.5. The molecule has 3 heterocycles. The van der Waals surface area contributed by atoms with Crippen LogP contribution < -0.4 is 5.56 Å². The van der Waals surface area contributed by atoms with E-state index in [4.69, 9.17) is 0 Å². The molecule has 0 saturated carbocycles. The summed E-state index contributed by atoms with van der Waals surface area (Å²) in [6.45, 7) is 5.28. The summed E-state index contributed by atoms with van der Waals surface area (Å²) in [4.78, 5) is 19.0. The highest BCUT2D eigenvalue weighted by atomic mass is 16.1. The fraction of sp³-hybridized carbons (Fsp3) is 0.467. The molecule has 1 aliphatic rings. The second-order valence-corrected chi connectivity index (χ2v) is 5.26. The van der Waals surface area contributed by atoms with Gasteiger partial charge in [0.1, 0.15) is 0 Å². The van der Waals surface area contributed by atoms with Crippen LogP contribution in [0.4, 0.5) is 0 Å². The number of aryl methyl sites for hydroxylation is 2. The molecule has 0 aromatic carbocycles. The molecule has 0 N–H and O–H groups in total. The van der Waals surface area contributed by atoms with Crippen molar-refractivity contribution in [1.29, 1.82) is 0 Å². The highest BCUT2D eigenvalue weighted by Crippen LogP contribution is 2.16. The number of rotatable bonds is 3. The Morgan fingerprint density at radius 3 is 2.74 bits per heavy atom. The number of pyridine rings is 2. The Kier molecular flexibility index (Phi) is 3.11. The maximum atomic E-state index is 12.1. The van der Waals surface area contributed by atoms with Crippen LogP contribution in [0.3, 0.4) is 0 Å². The molecule has 0 atom stereocenters. The van der Waals surface area contributed by atoms with E-state index in [9.17, 15) is 4.79 Å². The van der Waals surface area contributed by atoms with Crippen LogP contribution in [0.5, 0.6) is 0 Å². The van der Waals surface area contributed by atoms with Crippen LogP contribution in [-0.2, 0) is 20.0 Å². The minimum absolute atomic E-state index is 0.0953. The SMILES string of the molecule is CCc1cc2ncc(CN3CCC3)cc2n(C)c1=O. The van der Waals surface area contributed by atoms with Crippen molar-refractivity contribution in [2.24, 2.45) is 7.05 Å². The lowest BCUT2D eigenvalue weighted by molar-refractivity contribution is 0.172. The van der Waals surface area contributed by atoms with Crippen molar-refractivity contribution in [1.82, 2.24) is 14.5 Å². The van der Waals surface area contributed by atoms with Gasteiger partial charge in [0.2, 0.25) is 0 Å². The Labute approximate surface area is 112 Å². The van der Waals surface area contributed by atoms with Gasteiger partial charge in [-0.2, -0.15) is 0 Å². The van der Waals surface area contributed by atoms with Crippen molar-refractivity contribution in [2.75, 3.05) is 13.1 Å². The molecule has 0 radical (unpaired) electrons. The molecule has 1 saturated heterocycles. The van der Waals surface area contributed by atoms with E-state index in [0.717, 1.165) is 29.6 Å². The Morgan fingerprint density at radius 2 is 2.11 bits per heavy atom. The van der Waals surface area contributed by atoms with Gasteiger partial charge < -0.3 is 4.57 Å². The average molecular weight is 257 g/mol. The van der Waals surface area contributed by atoms with Crippen molar-refractivity contribution >= 4 is 11.0 Å². The highest BCUT2D eigenvalue weighted by molar-refractivity contribution is 5.75. The maximum Gasteiger partial charge on any atom is 0.254 e. The van der Waals surface area contributed by atoms with Gasteiger partial charge in [-0.1, -0.05) is 6.92 Å². The Hall–Kier alpha value is -1.68. The van der Waals surface area contributed by atoms with E-state index in [1.54, 1.807) is 4.57 Å². The van der Waals surface area contributed by atoms with E-state index in [1.807, 2.05) is 26.2 Å². The molecule has 3 rings (SSSR count). The first-order valence-electron chi connectivity index (χ1n) is 6.89. The maximum absolute atomic E-state index is 12.1. The number of nitrogens with zero attached hydrogens (tertiary/aromatic N) is 3. The zero-order chi connectivity index (χ0) is 13.4. The smallest absolute Gasteiger partial charge is 0.254 e. The van der Waals surface area contributed by atoms with Gasteiger partial charge in [-0.25, -0.2) is 0 Å². The Bertz CT molecular complexity index is 671. The lowest BCUT2D eigenvalue weighted by Crippen LogP contribution is -2.36. The van der Waals surface area contributed by atoms with E-state index in [0.29, 0.717) is 0 Å². The minimum atomic E-state index is 0.0953. The normalized spacial score (nSPS) is 15.7. The van der Waals surface area contributed by atoms with Crippen LogP contribution in [0, 0.1) is 0 Å². The first kappa shape index (κ1) is 12.4. The summed E-state index contributed by atoms with van der Waals surface area (Å²) >= 11 is 0. The molecule has 2 aromatic heterocycles. The quantitative estimate of drug-likeness (QED) is 0.840. The van der Waals surface area contributed by atoms with Crippen molar-refractivity contribution in [3.8, 4) is 0 Å². The first-order chi connectivity index (χ1) is 9.19. The summed E-state index contributed by atoms with van der Waals surface area (Å²) in [5, 5.41) is 0. The average Bonchev–Trinajstić information content (AvgIpc) is 2.38. The van der Waals surface area contributed by atoms with Crippen molar-refractivity contribution < 1.29 is 0 Å². The zero-order valence-corrected chi connectivity index (χ0v) is 11.5. The molecule has 2 aromatic rings. The van der Waals surface area contributed by atoms with E-state index < -0.39 is 0 Å². The van der Waals surface area contributed by atoms with E-state index in [2.05, 4.69) is 16.0 Å². The second kappa shape index (κ2) is 4.78. The summed E-state index contributed by atoms with van der Waals surface area (Å²) in [6.07, 6.45) is 3.98. The number of likely N-dealkylation sites (tertiary alicyclic amines) is 1. The number of hydrogen-bond acceptors (Lipinski definition) is 3. The third kappa shape index (κ3) is 2.16. The molecule has 1 fully saturated rings. The van der Waals surface area contributed by atoms with Gasteiger partial charge in [0.05, 0.1) is 11.0 Å². The minimum Gasteiger partial charge on any atom is -0.310 e. The predicted molar refractivity (Wildman–Crippen MR) is 76.3 cm³/mol. The number of hydrogen-bond donors (Lipinski definition) is 0. The van der Waals surface area contributed by atoms with Gasteiger partial charge in [-0.15, -0.1) is 0 Å². The van der Waals surface area contributed by atoms with Crippen LogP contribution in [0.1, 0.15) is 24.5 Å². The van der Waals surface area contributed by atoms with Gasteiger partial charge in [0.25, 0.3) is 5.56 Å². The topological polar surface area (TPSA) is 38.1 Å². The van der Waals surface area contributed by atoms with E-state index >= 15 is 0 Å². The van der Waals surface area contributed by atoms with Gasteiger partial charge in [0, 0.05) is 25.4 Å².